The average Bonchev–Trinajstić information content (AvgIpc) is 3.01. The van der Waals surface area contributed by atoms with Crippen LogP contribution in [0.25, 0.3) is 17.0 Å². The largest absolute Gasteiger partial charge is 0.504 e. The average molecular weight is 339 g/mol. The smallest absolute Gasteiger partial charge is 0.237 e. The number of hydrogen-bond donors (Lipinski definition) is 1. The molecule has 7 heteroatoms. The van der Waals surface area contributed by atoms with Gasteiger partial charge in [0.25, 0.3) is 0 Å². The standard InChI is InChI=1S/C17H11ClN4O2/c18-12-7-5-11(6-8-12)17-20-19-15-9-10-16(21-22(15)17)24-14-4-2-1-3-13(14)23/h1-10,23H. The van der Waals surface area contributed by atoms with Crippen molar-refractivity contribution in [2.75, 3.05) is 0 Å². The predicted octanol–water partition coefficient (Wildman–Crippen LogP) is 3.94. The summed E-state index contributed by atoms with van der Waals surface area (Å²) in [5.74, 6) is 1.26. The van der Waals surface area contributed by atoms with E-state index in [1.165, 1.54) is 0 Å². The summed E-state index contributed by atoms with van der Waals surface area (Å²) in [5, 5.41) is 23.1. The van der Waals surface area contributed by atoms with Crippen LogP contribution in [0, 0.1) is 0 Å². The molecular formula is C17H11ClN4O2. The molecule has 0 unspecified atom stereocenters. The molecule has 2 aromatic heterocycles. The minimum atomic E-state index is 0.0427. The first kappa shape index (κ1) is 14.5. The van der Waals surface area contributed by atoms with Crippen LogP contribution in [0.4, 0.5) is 0 Å². The Hall–Kier alpha value is -3.12. The number of hydrogen-bond acceptors (Lipinski definition) is 5. The van der Waals surface area contributed by atoms with E-state index in [0.29, 0.717) is 28.1 Å². The van der Waals surface area contributed by atoms with Crippen LogP contribution in [0.5, 0.6) is 17.4 Å². The van der Waals surface area contributed by atoms with E-state index in [0.717, 1.165) is 5.56 Å². The van der Waals surface area contributed by atoms with E-state index in [2.05, 4.69) is 15.3 Å². The van der Waals surface area contributed by atoms with E-state index in [4.69, 9.17) is 16.3 Å². The van der Waals surface area contributed by atoms with Gasteiger partial charge in [0.2, 0.25) is 5.88 Å². The van der Waals surface area contributed by atoms with E-state index < -0.39 is 0 Å². The Kier molecular flexibility index (Phi) is 3.51. The summed E-state index contributed by atoms with van der Waals surface area (Å²) < 4.78 is 7.22. The minimum Gasteiger partial charge on any atom is -0.504 e. The Morgan fingerprint density at radius 3 is 2.50 bits per heavy atom. The van der Waals surface area contributed by atoms with Gasteiger partial charge in [-0.05, 0) is 42.5 Å². The number of phenolic OH excluding ortho intramolecular Hbond substituents is 1. The molecule has 6 nitrogen and oxygen atoms in total. The van der Waals surface area contributed by atoms with Gasteiger partial charge in [-0.15, -0.1) is 15.3 Å². The molecule has 0 aliphatic heterocycles. The number of nitrogens with zero attached hydrogens (tertiary/aromatic N) is 4. The molecule has 4 rings (SSSR count). The van der Waals surface area contributed by atoms with Gasteiger partial charge in [0.1, 0.15) is 0 Å². The molecule has 0 bridgehead atoms. The van der Waals surface area contributed by atoms with E-state index in [1.807, 2.05) is 12.1 Å². The number of aromatic nitrogens is 4. The van der Waals surface area contributed by atoms with Crippen LogP contribution < -0.4 is 4.74 Å². The first-order valence-corrected chi connectivity index (χ1v) is 7.53. The molecule has 0 saturated carbocycles. The molecule has 0 atom stereocenters. The highest BCUT2D eigenvalue weighted by atomic mass is 35.5. The molecule has 2 heterocycles. The van der Waals surface area contributed by atoms with Gasteiger partial charge in [0, 0.05) is 16.7 Å². The maximum absolute atomic E-state index is 9.81. The highest BCUT2D eigenvalue weighted by molar-refractivity contribution is 6.30. The van der Waals surface area contributed by atoms with Gasteiger partial charge < -0.3 is 9.84 Å². The SMILES string of the molecule is Oc1ccccc1Oc1ccc2nnc(-c3ccc(Cl)cc3)n2n1. The lowest BCUT2D eigenvalue weighted by Crippen LogP contribution is -1.98. The molecule has 0 radical (unpaired) electrons. The molecule has 4 aromatic rings. The van der Waals surface area contributed by atoms with Crippen LogP contribution in [0.15, 0.2) is 60.7 Å². The number of aromatic hydroxyl groups is 1. The summed E-state index contributed by atoms with van der Waals surface area (Å²) >= 11 is 5.92. The molecule has 0 fully saturated rings. The predicted molar refractivity (Wildman–Crippen MR) is 89.4 cm³/mol. The number of ether oxygens (including phenoxy) is 1. The van der Waals surface area contributed by atoms with Gasteiger partial charge in [-0.3, -0.25) is 0 Å². The third-order valence-electron chi connectivity index (χ3n) is 3.42. The molecule has 118 valence electrons. The van der Waals surface area contributed by atoms with Crippen molar-refractivity contribution in [1.29, 1.82) is 0 Å². The molecule has 24 heavy (non-hydrogen) atoms. The third-order valence-corrected chi connectivity index (χ3v) is 3.67. The van der Waals surface area contributed by atoms with Gasteiger partial charge >= 0.3 is 0 Å². The number of para-hydroxylation sites is 2. The number of halogens is 1. The Labute approximate surface area is 141 Å². The monoisotopic (exact) mass is 338 g/mol. The van der Waals surface area contributed by atoms with E-state index in [-0.39, 0.29) is 5.75 Å². The number of benzene rings is 2. The van der Waals surface area contributed by atoms with Crippen molar-refractivity contribution in [3.8, 4) is 28.8 Å². The van der Waals surface area contributed by atoms with Crippen molar-refractivity contribution in [3.05, 3.63) is 65.7 Å². The van der Waals surface area contributed by atoms with Crippen molar-refractivity contribution >= 4 is 17.2 Å². The summed E-state index contributed by atoms with van der Waals surface area (Å²) in [7, 11) is 0. The molecule has 0 saturated heterocycles. The van der Waals surface area contributed by atoms with Crippen LogP contribution in [-0.4, -0.2) is 24.9 Å². The van der Waals surface area contributed by atoms with Crippen LogP contribution >= 0.6 is 11.6 Å². The first-order chi connectivity index (χ1) is 11.7. The van der Waals surface area contributed by atoms with Crippen molar-refractivity contribution in [2.24, 2.45) is 0 Å². The van der Waals surface area contributed by atoms with Gasteiger partial charge in [-0.1, -0.05) is 23.7 Å². The molecule has 0 aliphatic carbocycles. The van der Waals surface area contributed by atoms with Crippen LogP contribution in [-0.2, 0) is 0 Å². The first-order valence-electron chi connectivity index (χ1n) is 7.15. The highest BCUT2D eigenvalue weighted by Crippen LogP contribution is 2.29. The molecular weight excluding hydrogens is 328 g/mol. The van der Waals surface area contributed by atoms with Crippen molar-refractivity contribution < 1.29 is 9.84 Å². The fourth-order valence-corrected chi connectivity index (χ4v) is 2.39. The number of phenols is 1. The molecule has 0 aliphatic rings. The van der Waals surface area contributed by atoms with Gasteiger partial charge in [-0.2, -0.15) is 4.52 Å². The second-order valence-corrected chi connectivity index (χ2v) is 5.48. The zero-order chi connectivity index (χ0) is 16.5. The van der Waals surface area contributed by atoms with Crippen LogP contribution in [0.3, 0.4) is 0 Å². The molecule has 0 amide bonds. The summed E-state index contributed by atoms with van der Waals surface area (Å²) in [6, 6.07) is 17.4. The topological polar surface area (TPSA) is 72.5 Å². The van der Waals surface area contributed by atoms with Crippen LogP contribution in [0.1, 0.15) is 0 Å². The normalized spacial score (nSPS) is 10.9. The zero-order valence-corrected chi connectivity index (χ0v) is 13.1. The van der Waals surface area contributed by atoms with Crippen molar-refractivity contribution in [1.82, 2.24) is 19.8 Å². The third kappa shape index (κ3) is 2.63. The lowest BCUT2D eigenvalue weighted by atomic mass is 10.2. The second kappa shape index (κ2) is 5.82. The Morgan fingerprint density at radius 2 is 1.71 bits per heavy atom. The van der Waals surface area contributed by atoms with Gasteiger partial charge in [-0.25, -0.2) is 0 Å². The van der Waals surface area contributed by atoms with Crippen LogP contribution in [0.2, 0.25) is 5.02 Å². The summed E-state index contributed by atoms with van der Waals surface area (Å²) in [6.07, 6.45) is 0. The summed E-state index contributed by atoms with van der Waals surface area (Å²) in [4.78, 5) is 0. The lowest BCUT2D eigenvalue weighted by Gasteiger charge is -2.07. The Bertz CT molecular complexity index is 1010. The fraction of sp³-hybridized carbons (Fsp3) is 0. The number of fused-ring (bicyclic) bond motifs is 1. The summed E-state index contributed by atoms with van der Waals surface area (Å²) in [5.41, 5.74) is 1.42. The van der Waals surface area contributed by atoms with E-state index in [9.17, 15) is 5.11 Å². The zero-order valence-electron chi connectivity index (χ0n) is 12.3. The maximum atomic E-state index is 9.81. The Balaban J connectivity index is 1.76. The number of rotatable bonds is 3. The van der Waals surface area contributed by atoms with Gasteiger partial charge in [0.05, 0.1) is 0 Å². The fourth-order valence-electron chi connectivity index (χ4n) is 2.26. The second-order valence-electron chi connectivity index (χ2n) is 5.04. The van der Waals surface area contributed by atoms with E-state index in [1.54, 1.807) is 53.0 Å². The highest BCUT2D eigenvalue weighted by Gasteiger charge is 2.11. The molecule has 0 spiro atoms. The van der Waals surface area contributed by atoms with Crippen molar-refractivity contribution in [2.45, 2.75) is 0 Å². The van der Waals surface area contributed by atoms with Gasteiger partial charge in [0.15, 0.2) is 23.0 Å². The van der Waals surface area contributed by atoms with Crippen molar-refractivity contribution in [3.63, 3.8) is 0 Å². The molecule has 1 N–H and O–H groups in total. The summed E-state index contributed by atoms with van der Waals surface area (Å²) in [6.45, 7) is 0. The maximum Gasteiger partial charge on any atom is 0.237 e. The Morgan fingerprint density at radius 1 is 0.917 bits per heavy atom. The minimum absolute atomic E-state index is 0.0427. The quantitative estimate of drug-likeness (QED) is 0.612. The lowest BCUT2D eigenvalue weighted by molar-refractivity contribution is 0.398. The van der Waals surface area contributed by atoms with E-state index >= 15 is 0 Å². The molecule has 2 aromatic carbocycles.